The zero-order valence-electron chi connectivity index (χ0n) is 9.60. The summed E-state index contributed by atoms with van der Waals surface area (Å²) in [5, 5.41) is 20.1. The van der Waals surface area contributed by atoms with Gasteiger partial charge < -0.3 is 20.3 Å². The summed E-state index contributed by atoms with van der Waals surface area (Å²) in [7, 11) is 0. The van der Waals surface area contributed by atoms with Crippen molar-refractivity contribution in [3.63, 3.8) is 0 Å². The van der Waals surface area contributed by atoms with Crippen LogP contribution in [-0.2, 0) is 9.59 Å². The van der Waals surface area contributed by atoms with Crippen molar-refractivity contribution < 1.29 is 24.5 Å². The van der Waals surface area contributed by atoms with Gasteiger partial charge >= 0.3 is 5.97 Å². The summed E-state index contributed by atoms with van der Waals surface area (Å²) in [6.45, 7) is -1.13. The van der Waals surface area contributed by atoms with Crippen LogP contribution in [0.4, 0.5) is 0 Å². The van der Waals surface area contributed by atoms with E-state index in [2.05, 4.69) is 5.32 Å². The van der Waals surface area contributed by atoms with E-state index < -0.39 is 31.1 Å². The molecule has 0 heterocycles. The highest BCUT2D eigenvalue weighted by Gasteiger charge is 2.18. The van der Waals surface area contributed by atoms with Crippen LogP contribution in [0.2, 0.25) is 10.0 Å². The lowest BCUT2D eigenvalue weighted by Gasteiger charge is -2.12. The molecule has 0 saturated carbocycles. The number of carboxylic acids is 1. The highest BCUT2D eigenvalue weighted by molar-refractivity contribution is 6.35. The number of carbonyl (C=O) groups is 2. The van der Waals surface area contributed by atoms with Crippen LogP contribution in [0.15, 0.2) is 18.2 Å². The third-order valence-electron chi connectivity index (χ3n) is 2.07. The number of hydrogen-bond donors (Lipinski definition) is 3. The number of aliphatic hydroxyl groups is 1. The van der Waals surface area contributed by atoms with Crippen molar-refractivity contribution in [1.82, 2.24) is 5.32 Å². The lowest BCUT2D eigenvalue weighted by atomic mass is 10.3. The van der Waals surface area contributed by atoms with Gasteiger partial charge in [0.1, 0.15) is 11.8 Å². The normalized spacial score (nSPS) is 11.7. The first-order valence-corrected chi connectivity index (χ1v) is 5.90. The Balaban J connectivity index is 2.52. The Kier molecular flexibility index (Phi) is 5.88. The molecule has 0 aromatic heterocycles. The van der Waals surface area contributed by atoms with Crippen LogP contribution in [0, 0.1) is 0 Å². The first-order chi connectivity index (χ1) is 8.93. The van der Waals surface area contributed by atoms with Crippen molar-refractivity contribution in [2.75, 3.05) is 13.2 Å². The van der Waals surface area contributed by atoms with Crippen molar-refractivity contribution in [2.24, 2.45) is 0 Å². The number of carbonyl (C=O) groups excluding carboxylic acids is 1. The van der Waals surface area contributed by atoms with Crippen LogP contribution in [0.3, 0.4) is 0 Å². The number of amides is 1. The smallest absolute Gasteiger partial charge is 0.328 e. The molecule has 0 aliphatic rings. The fourth-order valence-corrected chi connectivity index (χ4v) is 1.62. The fourth-order valence-electron chi connectivity index (χ4n) is 1.16. The zero-order chi connectivity index (χ0) is 14.4. The van der Waals surface area contributed by atoms with Gasteiger partial charge in [0.05, 0.1) is 11.6 Å². The molecule has 1 atom stereocenters. The topological polar surface area (TPSA) is 95.9 Å². The van der Waals surface area contributed by atoms with Crippen LogP contribution in [0.1, 0.15) is 0 Å². The highest BCUT2D eigenvalue weighted by Crippen LogP contribution is 2.27. The van der Waals surface area contributed by atoms with Gasteiger partial charge in [-0.2, -0.15) is 0 Å². The second-order valence-electron chi connectivity index (χ2n) is 3.50. The van der Waals surface area contributed by atoms with E-state index in [0.717, 1.165) is 0 Å². The van der Waals surface area contributed by atoms with Gasteiger partial charge in [0, 0.05) is 5.02 Å². The fraction of sp³-hybridized carbons (Fsp3) is 0.273. The van der Waals surface area contributed by atoms with Gasteiger partial charge in [-0.05, 0) is 18.2 Å². The molecule has 8 heteroatoms. The third kappa shape index (κ3) is 4.94. The van der Waals surface area contributed by atoms with E-state index in [4.69, 9.17) is 38.2 Å². The molecule has 0 aliphatic heterocycles. The molecule has 0 saturated heterocycles. The van der Waals surface area contributed by atoms with E-state index in [-0.39, 0.29) is 10.8 Å². The van der Waals surface area contributed by atoms with E-state index in [1.165, 1.54) is 18.2 Å². The Morgan fingerprint density at radius 3 is 2.58 bits per heavy atom. The third-order valence-corrected chi connectivity index (χ3v) is 2.60. The number of hydrogen-bond acceptors (Lipinski definition) is 4. The minimum atomic E-state index is -1.36. The number of ether oxygens (including phenoxy) is 1. The monoisotopic (exact) mass is 307 g/mol. The van der Waals surface area contributed by atoms with E-state index in [0.29, 0.717) is 5.02 Å². The molecule has 3 N–H and O–H groups in total. The molecule has 0 unspecified atom stereocenters. The van der Waals surface area contributed by atoms with Crippen molar-refractivity contribution in [3.05, 3.63) is 28.2 Å². The minimum Gasteiger partial charge on any atom is -0.482 e. The average molecular weight is 308 g/mol. The van der Waals surface area contributed by atoms with Gasteiger partial charge in [0.25, 0.3) is 5.91 Å². The molecule has 1 aromatic rings. The molecule has 0 bridgehead atoms. The highest BCUT2D eigenvalue weighted by atomic mass is 35.5. The van der Waals surface area contributed by atoms with E-state index in [1.54, 1.807) is 0 Å². The number of carboxylic acid groups (broad SMARTS) is 1. The van der Waals surface area contributed by atoms with Gasteiger partial charge in [0.2, 0.25) is 0 Å². The van der Waals surface area contributed by atoms with Gasteiger partial charge in [-0.15, -0.1) is 0 Å². The quantitative estimate of drug-likeness (QED) is 0.726. The second kappa shape index (κ2) is 7.18. The summed E-state index contributed by atoms with van der Waals surface area (Å²) in [5.41, 5.74) is 0. The molecular formula is C11H11Cl2NO5. The molecule has 0 fully saturated rings. The Labute approximate surface area is 118 Å². The predicted molar refractivity (Wildman–Crippen MR) is 68.6 cm³/mol. The number of benzene rings is 1. The molecular weight excluding hydrogens is 297 g/mol. The molecule has 0 aliphatic carbocycles. The summed E-state index contributed by atoms with van der Waals surface area (Å²) >= 11 is 11.5. The molecule has 0 radical (unpaired) electrons. The first-order valence-electron chi connectivity index (χ1n) is 5.15. The van der Waals surface area contributed by atoms with Crippen LogP contribution in [0.5, 0.6) is 5.75 Å². The van der Waals surface area contributed by atoms with Crippen LogP contribution < -0.4 is 10.1 Å². The van der Waals surface area contributed by atoms with Crippen LogP contribution >= 0.6 is 23.2 Å². The van der Waals surface area contributed by atoms with E-state index >= 15 is 0 Å². The largest absolute Gasteiger partial charge is 0.482 e. The molecule has 6 nitrogen and oxygen atoms in total. The molecule has 1 rings (SSSR count). The maximum atomic E-state index is 11.4. The molecule has 19 heavy (non-hydrogen) atoms. The van der Waals surface area contributed by atoms with Gasteiger partial charge in [0.15, 0.2) is 6.61 Å². The molecule has 0 spiro atoms. The van der Waals surface area contributed by atoms with Crippen molar-refractivity contribution in [3.8, 4) is 5.75 Å². The second-order valence-corrected chi connectivity index (χ2v) is 4.35. The number of aliphatic hydroxyl groups excluding tert-OH is 1. The van der Waals surface area contributed by atoms with Gasteiger partial charge in [-0.3, -0.25) is 4.79 Å². The maximum absolute atomic E-state index is 11.4. The minimum absolute atomic E-state index is 0.234. The zero-order valence-corrected chi connectivity index (χ0v) is 11.1. The summed E-state index contributed by atoms with van der Waals surface area (Å²) in [5.74, 6) is -1.77. The van der Waals surface area contributed by atoms with Crippen molar-refractivity contribution in [2.45, 2.75) is 6.04 Å². The Morgan fingerprint density at radius 2 is 2.05 bits per heavy atom. The maximum Gasteiger partial charge on any atom is 0.328 e. The van der Waals surface area contributed by atoms with Crippen LogP contribution in [0.25, 0.3) is 0 Å². The molecule has 104 valence electrons. The summed E-state index contributed by atoms with van der Waals surface area (Å²) < 4.78 is 5.10. The lowest BCUT2D eigenvalue weighted by molar-refractivity contribution is -0.143. The van der Waals surface area contributed by atoms with Gasteiger partial charge in [-0.1, -0.05) is 23.2 Å². The number of aliphatic carboxylic acids is 1. The van der Waals surface area contributed by atoms with Gasteiger partial charge in [-0.25, -0.2) is 4.79 Å². The Hall–Kier alpha value is -1.50. The summed E-state index contributed by atoms with van der Waals surface area (Å²) in [6, 6.07) is 3.11. The summed E-state index contributed by atoms with van der Waals surface area (Å²) in [6.07, 6.45) is 0. The number of rotatable bonds is 6. The first kappa shape index (κ1) is 15.6. The Bertz CT molecular complexity index is 480. The molecule has 1 amide bonds. The molecule has 1 aromatic carbocycles. The number of nitrogens with one attached hydrogen (secondary N) is 1. The van der Waals surface area contributed by atoms with Crippen molar-refractivity contribution >= 4 is 35.1 Å². The van der Waals surface area contributed by atoms with E-state index in [9.17, 15) is 9.59 Å². The number of halogens is 2. The Morgan fingerprint density at radius 1 is 1.37 bits per heavy atom. The SMILES string of the molecule is O=C(COc1ccc(Cl)cc1Cl)N[C@H](CO)C(=O)O. The average Bonchev–Trinajstić information content (AvgIpc) is 2.34. The lowest BCUT2D eigenvalue weighted by Crippen LogP contribution is -2.45. The predicted octanol–water partition coefficient (Wildman–Crippen LogP) is 0.934. The van der Waals surface area contributed by atoms with Crippen LogP contribution in [-0.4, -0.2) is 41.3 Å². The van der Waals surface area contributed by atoms with Crippen molar-refractivity contribution in [1.29, 1.82) is 0 Å². The van der Waals surface area contributed by atoms with E-state index in [1.807, 2.05) is 0 Å². The summed E-state index contributed by atoms with van der Waals surface area (Å²) in [4.78, 5) is 22.0. The standard InChI is InChI=1S/C11H11Cl2NO5/c12-6-1-2-9(7(13)3-6)19-5-10(16)14-8(4-15)11(17)18/h1-3,8,15H,4-5H2,(H,14,16)(H,17,18)/t8-/m1/s1.